The lowest BCUT2D eigenvalue weighted by atomic mass is 10.1. The van der Waals surface area contributed by atoms with Gasteiger partial charge in [-0.3, -0.25) is 4.90 Å². The number of rotatable bonds is 5. The molecule has 0 aromatic heterocycles. The maximum atomic E-state index is 13.9. The Balaban J connectivity index is 2.19. The van der Waals surface area contributed by atoms with Crippen LogP contribution in [-0.4, -0.2) is 37.4 Å². The molecular formula is C15H19FN2O2S. The van der Waals surface area contributed by atoms with E-state index in [1.165, 1.54) is 12.1 Å². The molecule has 1 saturated heterocycles. The summed E-state index contributed by atoms with van der Waals surface area (Å²) >= 11 is 0. The van der Waals surface area contributed by atoms with Gasteiger partial charge in [0, 0.05) is 18.2 Å². The third-order valence-corrected chi connectivity index (χ3v) is 5.53. The lowest BCUT2D eigenvalue weighted by Crippen LogP contribution is -2.36. The molecule has 0 aliphatic carbocycles. The van der Waals surface area contributed by atoms with E-state index in [1.807, 2.05) is 17.9 Å². The Hall–Kier alpha value is -1.45. The fourth-order valence-electron chi connectivity index (χ4n) is 2.73. The van der Waals surface area contributed by atoms with Gasteiger partial charge in [-0.25, -0.2) is 12.8 Å². The fourth-order valence-corrected chi connectivity index (χ4v) is 4.49. The van der Waals surface area contributed by atoms with Crippen molar-refractivity contribution in [3.8, 4) is 6.07 Å². The summed E-state index contributed by atoms with van der Waals surface area (Å²) in [6, 6.07) is 6.23. The van der Waals surface area contributed by atoms with E-state index in [-0.39, 0.29) is 23.4 Å². The summed E-state index contributed by atoms with van der Waals surface area (Å²) < 4.78 is 37.1. The molecule has 1 aromatic rings. The summed E-state index contributed by atoms with van der Waals surface area (Å²) in [5.74, 6) is 0.00137. The van der Waals surface area contributed by atoms with Gasteiger partial charge in [-0.2, -0.15) is 5.26 Å². The van der Waals surface area contributed by atoms with Crippen LogP contribution in [0.15, 0.2) is 18.2 Å². The van der Waals surface area contributed by atoms with E-state index < -0.39 is 9.84 Å². The summed E-state index contributed by atoms with van der Waals surface area (Å²) in [6.07, 6.45) is 1.47. The van der Waals surface area contributed by atoms with Crippen LogP contribution in [0.3, 0.4) is 0 Å². The molecule has 1 atom stereocenters. The Morgan fingerprint density at radius 3 is 2.81 bits per heavy atom. The predicted molar refractivity (Wildman–Crippen MR) is 78.9 cm³/mol. The first kappa shape index (κ1) is 15.9. The second-order valence-electron chi connectivity index (χ2n) is 5.45. The van der Waals surface area contributed by atoms with Crippen molar-refractivity contribution >= 4 is 9.84 Å². The van der Waals surface area contributed by atoms with Gasteiger partial charge in [0.2, 0.25) is 0 Å². The van der Waals surface area contributed by atoms with Gasteiger partial charge in [-0.05, 0) is 37.6 Å². The van der Waals surface area contributed by atoms with Crippen LogP contribution in [0.1, 0.15) is 30.9 Å². The number of benzene rings is 1. The van der Waals surface area contributed by atoms with E-state index in [2.05, 4.69) is 0 Å². The van der Waals surface area contributed by atoms with Crippen molar-refractivity contribution in [1.29, 1.82) is 5.26 Å². The fraction of sp³-hybridized carbons (Fsp3) is 0.533. The van der Waals surface area contributed by atoms with Crippen molar-refractivity contribution in [2.45, 2.75) is 32.4 Å². The lowest BCUT2D eigenvalue weighted by Gasteiger charge is -2.27. The molecule has 0 spiro atoms. The molecule has 1 aliphatic heterocycles. The van der Waals surface area contributed by atoms with Crippen LogP contribution >= 0.6 is 0 Å². The van der Waals surface area contributed by atoms with E-state index >= 15 is 0 Å². The van der Waals surface area contributed by atoms with Crippen molar-refractivity contribution in [2.75, 3.05) is 18.1 Å². The zero-order valence-corrected chi connectivity index (χ0v) is 12.9. The highest BCUT2D eigenvalue weighted by molar-refractivity contribution is 7.91. The Labute approximate surface area is 125 Å². The normalized spacial score (nSPS) is 20.6. The summed E-state index contributed by atoms with van der Waals surface area (Å²) in [5.41, 5.74) is 0.869. The first-order chi connectivity index (χ1) is 9.95. The van der Waals surface area contributed by atoms with Crippen LogP contribution in [0, 0.1) is 17.1 Å². The predicted octanol–water partition coefficient (Wildman–Crippen LogP) is 2.10. The van der Waals surface area contributed by atoms with Gasteiger partial charge in [0.05, 0.1) is 23.1 Å². The maximum Gasteiger partial charge on any atom is 0.151 e. The first-order valence-electron chi connectivity index (χ1n) is 7.08. The van der Waals surface area contributed by atoms with Crippen LogP contribution < -0.4 is 0 Å². The smallest absolute Gasteiger partial charge is 0.151 e. The number of nitriles is 1. The molecule has 0 radical (unpaired) electrons. The standard InChI is InChI=1S/C15H19FN2O2S/c1-2-6-18(14-5-7-21(19,20)11-14)10-13-8-12(9-17)3-4-15(13)16/h3-4,8,14H,2,5-7,10-11H2,1H3/t14-/m0/s1. The van der Waals surface area contributed by atoms with Gasteiger partial charge in [0.25, 0.3) is 0 Å². The van der Waals surface area contributed by atoms with E-state index in [1.54, 1.807) is 6.07 Å². The SMILES string of the molecule is CCCN(Cc1cc(C#N)ccc1F)[C@H]1CCS(=O)(=O)C1. The monoisotopic (exact) mass is 310 g/mol. The third-order valence-electron chi connectivity index (χ3n) is 3.78. The minimum Gasteiger partial charge on any atom is -0.295 e. The second kappa shape index (κ2) is 6.54. The third kappa shape index (κ3) is 4.02. The number of hydrogen-bond acceptors (Lipinski definition) is 4. The highest BCUT2D eigenvalue weighted by Gasteiger charge is 2.32. The second-order valence-corrected chi connectivity index (χ2v) is 7.67. The molecule has 1 aromatic carbocycles. The van der Waals surface area contributed by atoms with Crippen molar-refractivity contribution in [1.82, 2.24) is 4.90 Å². The van der Waals surface area contributed by atoms with Crippen LogP contribution in [-0.2, 0) is 16.4 Å². The van der Waals surface area contributed by atoms with E-state index in [0.717, 1.165) is 13.0 Å². The van der Waals surface area contributed by atoms with Crippen molar-refractivity contribution in [3.63, 3.8) is 0 Å². The first-order valence-corrected chi connectivity index (χ1v) is 8.90. The molecule has 0 unspecified atom stereocenters. The molecule has 1 aliphatic rings. The molecule has 1 heterocycles. The van der Waals surface area contributed by atoms with Crippen LogP contribution in [0.25, 0.3) is 0 Å². The summed E-state index contributed by atoms with van der Waals surface area (Å²) in [6.45, 7) is 3.07. The molecule has 114 valence electrons. The Morgan fingerprint density at radius 2 is 2.24 bits per heavy atom. The van der Waals surface area contributed by atoms with Crippen LogP contribution in [0.5, 0.6) is 0 Å². The average molecular weight is 310 g/mol. The molecule has 4 nitrogen and oxygen atoms in total. The molecule has 0 saturated carbocycles. The number of hydrogen-bond donors (Lipinski definition) is 0. The topological polar surface area (TPSA) is 61.2 Å². The number of halogens is 1. The lowest BCUT2D eigenvalue weighted by molar-refractivity contribution is 0.201. The molecule has 6 heteroatoms. The minimum atomic E-state index is -2.96. The van der Waals surface area contributed by atoms with Gasteiger partial charge >= 0.3 is 0 Å². The number of sulfone groups is 1. The number of nitrogens with zero attached hydrogens (tertiary/aromatic N) is 2. The molecule has 1 fully saturated rings. The molecule has 21 heavy (non-hydrogen) atoms. The Kier molecular flexibility index (Phi) is 4.96. The van der Waals surface area contributed by atoms with Gasteiger partial charge in [0.1, 0.15) is 5.82 Å². The zero-order chi connectivity index (χ0) is 15.5. The van der Waals surface area contributed by atoms with Gasteiger partial charge in [-0.15, -0.1) is 0 Å². The average Bonchev–Trinajstić information content (AvgIpc) is 2.81. The molecule has 2 rings (SSSR count). The molecule has 0 bridgehead atoms. The Bertz CT molecular complexity index is 652. The molecule has 0 N–H and O–H groups in total. The summed E-state index contributed by atoms with van der Waals surface area (Å²) in [7, 11) is -2.96. The summed E-state index contributed by atoms with van der Waals surface area (Å²) in [5, 5.41) is 8.91. The van der Waals surface area contributed by atoms with Crippen LogP contribution in [0.4, 0.5) is 4.39 Å². The van der Waals surface area contributed by atoms with Gasteiger partial charge < -0.3 is 0 Å². The highest BCUT2D eigenvalue weighted by atomic mass is 32.2. The van der Waals surface area contributed by atoms with E-state index in [9.17, 15) is 12.8 Å². The quantitative estimate of drug-likeness (QED) is 0.835. The highest BCUT2D eigenvalue weighted by Crippen LogP contribution is 2.21. The Morgan fingerprint density at radius 1 is 1.48 bits per heavy atom. The van der Waals surface area contributed by atoms with E-state index in [4.69, 9.17) is 5.26 Å². The van der Waals surface area contributed by atoms with Crippen LogP contribution in [0.2, 0.25) is 0 Å². The van der Waals surface area contributed by atoms with Gasteiger partial charge in [0.15, 0.2) is 9.84 Å². The van der Waals surface area contributed by atoms with E-state index in [0.29, 0.717) is 24.1 Å². The minimum absolute atomic E-state index is 0.0555. The summed E-state index contributed by atoms with van der Waals surface area (Å²) in [4.78, 5) is 2.02. The largest absolute Gasteiger partial charge is 0.295 e. The molecule has 0 amide bonds. The van der Waals surface area contributed by atoms with Crippen molar-refractivity contribution < 1.29 is 12.8 Å². The van der Waals surface area contributed by atoms with Crippen molar-refractivity contribution in [2.24, 2.45) is 0 Å². The maximum absolute atomic E-state index is 13.9. The van der Waals surface area contributed by atoms with Gasteiger partial charge in [-0.1, -0.05) is 6.92 Å². The zero-order valence-electron chi connectivity index (χ0n) is 12.0. The molecular weight excluding hydrogens is 291 g/mol. The van der Waals surface area contributed by atoms with Crippen molar-refractivity contribution in [3.05, 3.63) is 35.1 Å².